The molecule has 0 N–H and O–H groups in total. The van der Waals surface area contributed by atoms with Gasteiger partial charge in [0.05, 0.1) is 21.6 Å². The second-order valence-corrected chi connectivity index (χ2v) is 6.24. The summed E-state index contributed by atoms with van der Waals surface area (Å²) in [5.74, 6) is 6.37. The Morgan fingerprint density at radius 1 is 1.05 bits per heavy atom. The van der Waals surface area contributed by atoms with Gasteiger partial charge >= 0.3 is 0 Å². The van der Waals surface area contributed by atoms with E-state index in [4.69, 9.17) is 0 Å². The van der Waals surface area contributed by atoms with Gasteiger partial charge in [0, 0.05) is 23.2 Å². The zero-order valence-corrected chi connectivity index (χ0v) is 12.5. The predicted octanol–water partition coefficient (Wildman–Crippen LogP) is 3.92. The summed E-state index contributed by atoms with van der Waals surface area (Å²) in [6.07, 6.45) is 3.67. The molecule has 0 aliphatic rings. The van der Waals surface area contributed by atoms with Gasteiger partial charge < -0.3 is 0 Å². The molecule has 0 unspecified atom stereocenters. The molecule has 0 fully saturated rings. The highest BCUT2D eigenvalue weighted by Gasteiger charge is 2.04. The number of fused-ring (bicyclic) bond motifs is 1. The molecule has 0 aromatic carbocycles. The van der Waals surface area contributed by atoms with E-state index in [-0.39, 0.29) is 0 Å². The van der Waals surface area contributed by atoms with Gasteiger partial charge in [-0.2, -0.15) is 16.4 Å². The third kappa shape index (κ3) is 2.47. The van der Waals surface area contributed by atoms with E-state index in [0.717, 1.165) is 26.7 Å². The maximum Gasteiger partial charge on any atom is 0.155 e. The van der Waals surface area contributed by atoms with Crippen molar-refractivity contribution in [3.8, 4) is 22.4 Å². The van der Waals surface area contributed by atoms with Crippen LogP contribution in [0.1, 0.15) is 10.4 Å². The van der Waals surface area contributed by atoms with Gasteiger partial charge in [-0.05, 0) is 29.6 Å². The Morgan fingerprint density at radius 2 is 2.05 bits per heavy atom. The van der Waals surface area contributed by atoms with E-state index in [0.29, 0.717) is 0 Å². The molecule has 0 atom stereocenters. The van der Waals surface area contributed by atoms with Crippen molar-refractivity contribution in [2.75, 3.05) is 0 Å². The second-order valence-electron chi connectivity index (χ2n) is 4.37. The third-order valence-electron chi connectivity index (χ3n) is 2.97. The van der Waals surface area contributed by atoms with Gasteiger partial charge in [0.25, 0.3) is 0 Å². The second kappa shape index (κ2) is 5.17. The molecule has 3 nitrogen and oxygen atoms in total. The molecule has 5 heteroatoms. The standard InChI is InChI=1S/C16H9N3S2/c1(12-7-10-20-11-12)2-13-3-4-15(21-13)14-6-9-19-16(18-14)5-8-17-19/h3-11H. The van der Waals surface area contributed by atoms with Crippen LogP contribution < -0.4 is 0 Å². The zero-order chi connectivity index (χ0) is 14.1. The van der Waals surface area contributed by atoms with Gasteiger partial charge in [-0.15, -0.1) is 11.3 Å². The van der Waals surface area contributed by atoms with Gasteiger partial charge in [-0.25, -0.2) is 9.50 Å². The van der Waals surface area contributed by atoms with Crippen molar-refractivity contribution < 1.29 is 0 Å². The van der Waals surface area contributed by atoms with E-state index in [1.165, 1.54) is 0 Å². The van der Waals surface area contributed by atoms with Gasteiger partial charge in [-0.3, -0.25) is 0 Å². The largest absolute Gasteiger partial charge is 0.228 e. The van der Waals surface area contributed by atoms with Crippen LogP contribution in [0.3, 0.4) is 0 Å². The fourth-order valence-corrected chi connectivity index (χ4v) is 3.38. The summed E-state index contributed by atoms with van der Waals surface area (Å²) in [5.41, 5.74) is 2.87. The Labute approximate surface area is 129 Å². The topological polar surface area (TPSA) is 30.2 Å². The lowest BCUT2D eigenvalue weighted by molar-refractivity contribution is 0.941. The van der Waals surface area contributed by atoms with Crippen molar-refractivity contribution >= 4 is 28.3 Å². The minimum atomic E-state index is 0.854. The summed E-state index contributed by atoms with van der Waals surface area (Å²) >= 11 is 3.32. The van der Waals surface area contributed by atoms with Crippen molar-refractivity contribution in [3.05, 3.63) is 63.9 Å². The Hall–Kier alpha value is -2.42. The van der Waals surface area contributed by atoms with Crippen LogP contribution in [0.4, 0.5) is 0 Å². The molecular weight excluding hydrogens is 298 g/mol. The maximum absolute atomic E-state index is 4.59. The third-order valence-corrected chi connectivity index (χ3v) is 4.67. The van der Waals surface area contributed by atoms with Gasteiger partial charge in [0.15, 0.2) is 5.65 Å². The molecule has 4 heterocycles. The monoisotopic (exact) mass is 307 g/mol. The molecule has 4 aromatic heterocycles. The summed E-state index contributed by atoms with van der Waals surface area (Å²) in [6.45, 7) is 0. The van der Waals surface area contributed by atoms with Crippen molar-refractivity contribution in [1.82, 2.24) is 14.6 Å². The van der Waals surface area contributed by atoms with Crippen LogP contribution in [-0.4, -0.2) is 14.6 Å². The normalized spacial score (nSPS) is 10.5. The van der Waals surface area contributed by atoms with Crippen LogP contribution in [0.2, 0.25) is 0 Å². The lowest BCUT2D eigenvalue weighted by atomic mass is 10.3. The van der Waals surface area contributed by atoms with E-state index in [9.17, 15) is 0 Å². The quantitative estimate of drug-likeness (QED) is 0.499. The molecule has 21 heavy (non-hydrogen) atoms. The minimum Gasteiger partial charge on any atom is -0.228 e. The number of thiophene rings is 2. The molecule has 0 amide bonds. The Kier molecular flexibility index (Phi) is 3.03. The fourth-order valence-electron chi connectivity index (χ4n) is 1.96. The Morgan fingerprint density at radius 3 is 2.95 bits per heavy atom. The maximum atomic E-state index is 4.59. The summed E-state index contributed by atoms with van der Waals surface area (Å²) in [7, 11) is 0. The fraction of sp³-hybridized carbons (Fsp3) is 0. The van der Waals surface area contributed by atoms with Crippen LogP contribution in [0.25, 0.3) is 16.2 Å². The summed E-state index contributed by atoms with van der Waals surface area (Å²) in [5, 5.41) is 8.24. The van der Waals surface area contributed by atoms with Gasteiger partial charge in [0.1, 0.15) is 0 Å². The number of hydrogen-bond donors (Lipinski definition) is 0. The van der Waals surface area contributed by atoms with Gasteiger partial charge in [-0.1, -0.05) is 11.8 Å². The lowest BCUT2D eigenvalue weighted by Crippen LogP contribution is -1.89. The van der Waals surface area contributed by atoms with Gasteiger partial charge in [0.2, 0.25) is 0 Å². The molecule has 0 radical (unpaired) electrons. The van der Waals surface area contributed by atoms with Crippen LogP contribution in [0.15, 0.2) is 53.5 Å². The minimum absolute atomic E-state index is 0.854. The van der Waals surface area contributed by atoms with Crippen molar-refractivity contribution in [2.45, 2.75) is 0 Å². The Balaban J connectivity index is 1.67. The number of hydrogen-bond acceptors (Lipinski definition) is 4. The summed E-state index contributed by atoms with van der Waals surface area (Å²) in [6, 6.07) is 10.0. The number of rotatable bonds is 1. The number of aromatic nitrogens is 3. The SMILES string of the molecule is C(#Cc1ccc(-c2ccn3nccc3n2)s1)c1ccsc1. The highest BCUT2D eigenvalue weighted by molar-refractivity contribution is 7.16. The first-order chi connectivity index (χ1) is 10.4. The molecular formula is C16H9N3S2. The molecule has 4 rings (SSSR count). The highest BCUT2D eigenvalue weighted by atomic mass is 32.1. The van der Waals surface area contributed by atoms with Crippen molar-refractivity contribution in [1.29, 1.82) is 0 Å². The average molecular weight is 307 g/mol. The first kappa shape index (κ1) is 12.3. The zero-order valence-electron chi connectivity index (χ0n) is 10.9. The first-order valence-electron chi connectivity index (χ1n) is 6.33. The van der Waals surface area contributed by atoms with E-state index in [1.54, 1.807) is 33.4 Å². The first-order valence-corrected chi connectivity index (χ1v) is 8.09. The smallest absolute Gasteiger partial charge is 0.155 e. The lowest BCUT2D eigenvalue weighted by Gasteiger charge is -1.97. The predicted molar refractivity (Wildman–Crippen MR) is 86.6 cm³/mol. The van der Waals surface area contributed by atoms with E-state index in [1.807, 2.05) is 35.8 Å². The summed E-state index contributed by atoms with van der Waals surface area (Å²) < 4.78 is 1.76. The van der Waals surface area contributed by atoms with E-state index in [2.05, 4.69) is 33.4 Å². The van der Waals surface area contributed by atoms with Crippen LogP contribution in [0, 0.1) is 11.8 Å². The molecule has 0 saturated carbocycles. The van der Waals surface area contributed by atoms with Crippen molar-refractivity contribution in [2.24, 2.45) is 0 Å². The summed E-state index contributed by atoms with van der Waals surface area (Å²) in [4.78, 5) is 6.76. The molecule has 0 aliphatic carbocycles. The molecule has 0 bridgehead atoms. The molecule has 0 aliphatic heterocycles. The average Bonchev–Trinajstić information content (AvgIpc) is 3.25. The molecule has 100 valence electrons. The van der Waals surface area contributed by atoms with Crippen LogP contribution >= 0.6 is 22.7 Å². The number of nitrogens with zero attached hydrogens (tertiary/aromatic N) is 3. The molecule has 0 saturated heterocycles. The van der Waals surface area contributed by atoms with Crippen LogP contribution in [0.5, 0.6) is 0 Å². The Bertz CT molecular complexity index is 952. The van der Waals surface area contributed by atoms with E-state index < -0.39 is 0 Å². The van der Waals surface area contributed by atoms with Crippen molar-refractivity contribution in [3.63, 3.8) is 0 Å². The highest BCUT2D eigenvalue weighted by Crippen LogP contribution is 2.26. The van der Waals surface area contributed by atoms with Crippen LogP contribution in [-0.2, 0) is 0 Å². The molecule has 4 aromatic rings. The van der Waals surface area contributed by atoms with E-state index >= 15 is 0 Å². The molecule has 0 spiro atoms.